The van der Waals surface area contributed by atoms with Crippen molar-refractivity contribution < 1.29 is 18.0 Å². The summed E-state index contributed by atoms with van der Waals surface area (Å²) in [6, 6.07) is 15.1. The summed E-state index contributed by atoms with van der Waals surface area (Å²) < 4.78 is 25.6. The molecule has 2 amide bonds. The van der Waals surface area contributed by atoms with Crippen LogP contribution in [0.1, 0.15) is 35.3 Å². The van der Waals surface area contributed by atoms with E-state index in [1.807, 2.05) is 37.3 Å². The summed E-state index contributed by atoms with van der Waals surface area (Å²) in [6.07, 6.45) is 0.649. The molecule has 6 nitrogen and oxygen atoms in total. The fourth-order valence-electron chi connectivity index (χ4n) is 2.86. The van der Waals surface area contributed by atoms with Crippen LogP contribution >= 0.6 is 0 Å². The number of rotatable bonds is 5. The minimum absolute atomic E-state index is 0.0529. The Hall–Kier alpha value is -2.67. The zero-order chi connectivity index (χ0) is 18.0. The minimum Gasteiger partial charge on any atom is -0.348 e. The minimum atomic E-state index is -3.97. The van der Waals surface area contributed by atoms with Gasteiger partial charge in [0.1, 0.15) is 11.4 Å². The average Bonchev–Trinajstić information content (AvgIpc) is 2.82. The average molecular weight is 358 g/mol. The van der Waals surface area contributed by atoms with E-state index in [2.05, 4.69) is 5.32 Å². The van der Waals surface area contributed by atoms with Crippen molar-refractivity contribution in [2.75, 3.05) is 6.54 Å². The van der Waals surface area contributed by atoms with Crippen LogP contribution in [-0.2, 0) is 14.8 Å². The topological polar surface area (TPSA) is 83.6 Å². The first kappa shape index (κ1) is 17.2. The predicted molar refractivity (Wildman–Crippen MR) is 92.3 cm³/mol. The first-order valence-electron chi connectivity index (χ1n) is 7.95. The molecule has 3 rings (SSSR count). The molecule has 2 aromatic carbocycles. The lowest BCUT2D eigenvalue weighted by molar-refractivity contribution is -0.121. The van der Waals surface area contributed by atoms with Gasteiger partial charge in [-0.25, -0.2) is 12.7 Å². The van der Waals surface area contributed by atoms with E-state index in [1.165, 1.54) is 12.1 Å². The molecule has 0 saturated heterocycles. The number of nitrogens with zero attached hydrogens (tertiary/aromatic N) is 1. The third kappa shape index (κ3) is 3.15. The Bertz CT molecular complexity index is 910. The van der Waals surface area contributed by atoms with Gasteiger partial charge in [-0.1, -0.05) is 49.4 Å². The molecule has 0 unspecified atom stereocenters. The number of benzene rings is 2. The molecule has 0 bridgehead atoms. The summed E-state index contributed by atoms with van der Waals surface area (Å²) >= 11 is 0. The van der Waals surface area contributed by atoms with E-state index in [9.17, 15) is 18.0 Å². The fraction of sp³-hybridized carbons (Fsp3) is 0.222. The zero-order valence-corrected chi connectivity index (χ0v) is 14.5. The van der Waals surface area contributed by atoms with Gasteiger partial charge in [-0.3, -0.25) is 9.59 Å². The Morgan fingerprint density at radius 2 is 1.72 bits per heavy atom. The van der Waals surface area contributed by atoms with E-state index in [1.54, 1.807) is 12.1 Å². The Kier molecular flexibility index (Phi) is 4.59. The molecule has 1 N–H and O–H groups in total. The van der Waals surface area contributed by atoms with Crippen LogP contribution < -0.4 is 5.32 Å². The van der Waals surface area contributed by atoms with Gasteiger partial charge in [-0.2, -0.15) is 0 Å². The number of carbonyl (C=O) groups excluding carboxylic acids is 2. The zero-order valence-electron chi connectivity index (χ0n) is 13.7. The molecule has 0 spiro atoms. The molecule has 7 heteroatoms. The molecule has 0 radical (unpaired) electrons. The Morgan fingerprint density at radius 1 is 1.08 bits per heavy atom. The highest BCUT2D eigenvalue weighted by atomic mass is 32.2. The van der Waals surface area contributed by atoms with Crippen LogP contribution in [0, 0.1) is 0 Å². The van der Waals surface area contributed by atoms with Crippen LogP contribution in [0.3, 0.4) is 0 Å². The van der Waals surface area contributed by atoms with Gasteiger partial charge in [-0.15, -0.1) is 0 Å². The summed E-state index contributed by atoms with van der Waals surface area (Å²) in [6.45, 7) is 1.39. The van der Waals surface area contributed by atoms with Crippen molar-refractivity contribution in [3.8, 4) is 0 Å². The van der Waals surface area contributed by atoms with Crippen molar-refractivity contribution in [1.29, 1.82) is 0 Å². The number of nitrogens with one attached hydrogen (secondary N) is 1. The molecule has 1 aliphatic rings. The lowest BCUT2D eigenvalue weighted by Crippen LogP contribution is -2.41. The SMILES string of the molecule is CC[C@@H](NC(=O)CN1C(=O)c2ccccc2S1(=O)=O)c1ccccc1. The van der Waals surface area contributed by atoms with Crippen molar-refractivity contribution in [3.05, 3.63) is 65.7 Å². The number of hydrogen-bond donors (Lipinski definition) is 1. The molecular weight excluding hydrogens is 340 g/mol. The smallest absolute Gasteiger partial charge is 0.269 e. The van der Waals surface area contributed by atoms with E-state index < -0.39 is 28.4 Å². The molecular formula is C18H18N2O4S. The summed E-state index contributed by atoms with van der Waals surface area (Å²) in [4.78, 5) is 24.6. The second kappa shape index (κ2) is 6.68. The van der Waals surface area contributed by atoms with E-state index in [-0.39, 0.29) is 16.5 Å². The van der Waals surface area contributed by atoms with Gasteiger partial charge in [0.25, 0.3) is 15.9 Å². The molecule has 0 saturated carbocycles. The molecule has 25 heavy (non-hydrogen) atoms. The normalized spacial score (nSPS) is 16.4. The van der Waals surface area contributed by atoms with E-state index in [0.717, 1.165) is 5.56 Å². The van der Waals surface area contributed by atoms with Crippen molar-refractivity contribution >= 4 is 21.8 Å². The van der Waals surface area contributed by atoms with Gasteiger partial charge in [0.2, 0.25) is 5.91 Å². The van der Waals surface area contributed by atoms with E-state index in [0.29, 0.717) is 10.7 Å². The van der Waals surface area contributed by atoms with Gasteiger partial charge in [0.05, 0.1) is 11.6 Å². The lowest BCUT2D eigenvalue weighted by atomic mass is 10.0. The van der Waals surface area contributed by atoms with Crippen LogP contribution in [0.25, 0.3) is 0 Å². The second-order valence-electron chi connectivity index (χ2n) is 5.75. The van der Waals surface area contributed by atoms with Crippen molar-refractivity contribution in [1.82, 2.24) is 9.62 Å². The molecule has 2 aromatic rings. The quantitative estimate of drug-likeness (QED) is 0.887. The number of fused-ring (bicyclic) bond motifs is 1. The van der Waals surface area contributed by atoms with Crippen LogP contribution in [0.15, 0.2) is 59.5 Å². The lowest BCUT2D eigenvalue weighted by Gasteiger charge is -2.20. The number of carbonyl (C=O) groups is 2. The summed E-state index contributed by atoms with van der Waals surface area (Å²) in [5.41, 5.74) is 1.03. The van der Waals surface area contributed by atoms with Gasteiger partial charge in [0.15, 0.2) is 0 Å². The summed E-state index contributed by atoms with van der Waals surface area (Å²) in [5.74, 6) is -1.18. The largest absolute Gasteiger partial charge is 0.348 e. The van der Waals surface area contributed by atoms with Crippen LogP contribution in [0.4, 0.5) is 0 Å². The van der Waals surface area contributed by atoms with Gasteiger partial charge in [-0.05, 0) is 24.1 Å². The second-order valence-corrected chi connectivity index (χ2v) is 7.58. The Morgan fingerprint density at radius 3 is 2.36 bits per heavy atom. The maximum atomic E-state index is 12.5. The Balaban J connectivity index is 1.77. The van der Waals surface area contributed by atoms with E-state index >= 15 is 0 Å². The standard InChI is InChI=1S/C18H18N2O4S/c1-2-15(13-8-4-3-5-9-13)19-17(21)12-20-18(22)14-10-6-7-11-16(14)25(20,23)24/h3-11,15H,2,12H2,1H3,(H,19,21)/t15-/m1/s1. The highest BCUT2D eigenvalue weighted by Crippen LogP contribution is 2.29. The molecule has 0 aromatic heterocycles. The predicted octanol–water partition coefficient (Wildman–Crippen LogP) is 2.10. The van der Waals surface area contributed by atoms with Crippen molar-refractivity contribution in [3.63, 3.8) is 0 Å². The van der Waals surface area contributed by atoms with Gasteiger partial charge < -0.3 is 5.32 Å². The van der Waals surface area contributed by atoms with Crippen LogP contribution in [0.2, 0.25) is 0 Å². The first-order valence-corrected chi connectivity index (χ1v) is 9.39. The third-order valence-corrected chi connectivity index (χ3v) is 5.93. The molecule has 1 atom stereocenters. The number of amides is 2. The highest BCUT2D eigenvalue weighted by molar-refractivity contribution is 7.90. The van der Waals surface area contributed by atoms with Crippen LogP contribution in [0.5, 0.6) is 0 Å². The number of sulfonamides is 1. The van der Waals surface area contributed by atoms with E-state index in [4.69, 9.17) is 0 Å². The maximum Gasteiger partial charge on any atom is 0.269 e. The highest BCUT2D eigenvalue weighted by Gasteiger charge is 2.41. The van der Waals surface area contributed by atoms with Crippen molar-refractivity contribution in [2.24, 2.45) is 0 Å². The fourth-order valence-corrected chi connectivity index (χ4v) is 4.39. The number of hydrogen-bond acceptors (Lipinski definition) is 4. The van der Waals surface area contributed by atoms with Crippen LogP contribution in [-0.4, -0.2) is 31.1 Å². The Labute approximate surface area is 146 Å². The molecule has 130 valence electrons. The van der Waals surface area contributed by atoms with Gasteiger partial charge >= 0.3 is 0 Å². The first-order chi connectivity index (χ1) is 11.9. The maximum absolute atomic E-state index is 12.5. The molecule has 0 aliphatic carbocycles. The third-order valence-electron chi connectivity index (χ3n) is 4.14. The molecule has 1 aliphatic heterocycles. The van der Waals surface area contributed by atoms with Crippen molar-refractivity contribution in [2.45, 2.75) is 24.3 Å². The molecule has 1 heterocycles. The summed E-state index contributed by atoms with van der Waals surface area (Å²) in [7, 11) is -3.97. The molecule has 0 fully saturated rings. The summed E-state index contributed by atoms with van der Waals surface area (Å²) in [5, 5.41) is 2.80. The van der Waals surface area contributed by atoms with Gasteiger partial charge in [0, 0.05) is 0 Å². The monoisotopic (exact) mass is 358 g/mol.